The summed E-state index contributed by atoms with van der Waals surface area (Å²) in [6.45, 7) is 6.50. The van der Waals surface area contributed by atoms with E-state index in [1.54, 1.807) is 23.9 Å². The largest absolute Gasteiger partial charge is 0.478 e. The van der Waals surface area contributed by atoms with Crippen molar-refractivity contribution in [3.63, 3.8) is 0 Å². The topological polar surface area (TPSA) is 174 Å². The summed E-state index contributed by atoms with van der Waals surface area (Å²) in [7, 11) is 0. The van der Waals surface area contributed by atoms with Crippen LogP contribution in [0.3, 0.4) is 0 Å². The maximum Gasteiger partial charge on any atom is 0.328 e. The van der Waals surface area contributed by atoms with Crippen molar-refractivity contribution in [2.24, 2.45) is 0 Å². The van der Waals surface area contributed by atoms with Gasteiger partial charge < -0.3 is 34.8 Å². The number of piperazine rings is 1. The molecule has 0 aliphatic carbocycles. The normalized spacial score (nSPS) is 18.4. The molecule has 248 valence electrons. The Bertz CT molecular complexity index is 1380. The van der Waals surface area contributed by atoms with E-state index in [0.29, 0.717) is 37.5 Å². The standard InChI is InChI=1S/C23H26ClFN2O2S.2C4H4O4/c24-17-2-4-21-19(14-17)20(13-16-1-3-18(25)15-22(16)30-21)27-9-7-26(8-10-27)6-5-23-28-11-12-29-23;2*5-3(6)1-2-4(7)8/h1-4,14-15,20,23H,5-13H2;2*1-2H,(H,5,6)(H,7,8)/b;2*2-1+. The van der Waals surface area contributed by atoms with Crippen molar-refractivity contribution in [2.45, 2.75) is 35.0 Å². The van der Waals surface area contributed by atoms with Crippen molar-refractivity contribution in [3.05, 3.63) is 82.7 Å². The minimum Gasteiger partial charge on any atom is -0.478 e. The summed E-state index contributed by atoms with van der Waals surface area (Å²) in [5.74, 6) is -5.21. The molecule has 0 spiro atoms. The molecule has 12 nitrogen and oxygen atoms in total. The third-order valence-corrected chi connectivity index (χ3v) is 8.38. The second-order valence-corrected chi connectivity index (χ2v) is 11.6. The van der Waals surface area contributed by atoms with Crippen molar-refractivity contribution in [2.75, 3.05) is 45.9 Å². The van der Waals surface area contributed by atoms with Gasteiger partial charge in [-0.2, -0.15) is 0 Å². The number of hydrogen-bond donors (Lipinski definition) is 4. The van der Waals surface area contributed by atoms with Crippen LogP contribution in [0.2, 0.25) is 5.02 Å². The molecule has 3 heterocycles. The predicted octanol–water partition coefficient (Wildman–Crippen LogP) is 4.03. The Morgan fingerprint density at radius 2 is 1.39 bits per heavy atom. The molecule has 0 radical (unpaired) electrons. The fourth-order valence-corrected chi connectivity index (χ4v) is 6.19. The van der Waals surface area contributed by atoms with Crippen LogP contribution in [0, 0.1) is 5.82 Å². The van der Waals surface area contributed by atoms with Crippen LogP contribution in [0.1, 0.15) is 23.6 Å². The molecule has 0 amide bonds. The first-order valence-corrected chi connectivity index (χ1v) is 15.3. The first kappa shape index (κ1) is 36.7. The zero-order valence-electron chi connectivity index (χ0n) is 24.6. The number of benzene rings is 2. The van der Waals surface area contributed by atoms with Crippen LogP contribution in [0.15, 0.2) is 70.5 Å². The molecular weight excluding hydrogens is 647 g/mol. The minimum atomic E-state index is -1.26. The summed E-state index contributed by atoms with van der Waals surface area (Å²) in [5.41, 5.74) is 2.46. The van der Waals surface area contributed by atoms with Gasteiger partial charge >= 0.3 is 23.9 Å². The number of nitrogens with zero attached hydrogens (tertiary/aromatic N) is 2. The van der Waals surface area contributed by atoms with Crippen molar-refractivity contribution in [1.82, 2.24) is 9.80 Å². The second-order valence-electron chi connectivity index (χ2n) is 10.1. The number of carboxylic acids is 4. The highest BCUT2D eigenvalue weighted by molar-refractivity contribution is 7.99. The summed E-state index contributed by atoms with van der Waals surface area (Å²) in [6.07, 6.45) is 4.00. The molecule has 0 aromatic heterocycles. The van der Waals surface area contributed by atoms with Gasteiger partial charge in [0.2, 0.25) is 0 Å². The van der Waals surface area contributed by atoms with E-state index in [0.717, 1.165) is 55.5 Å². The smallest absolute Gasteiger partial charge is 0.328 e. The number of ether oxygens (including phenoxy) is 2. The van der Waals surface area contributed by atoms with E-state index in [9.17, 15) is 23.6 Å². The second kappa shape index (κ2) is 18.4. The lowest BCUT2D eigenvalue weighted by molar-refractivity contribution is -0.134. The Morgan fingerprint density at radius 3 is 1.93 bits per heavy atom. The van der Waals surface area contributed by atoms with Crippen LogP contribution in [0.4, 0.5) is 4.39 Å². The molecule has 2 fully saturated rings. The van der Waals surface area contributed by atoms with E-state index in [1.165, 1.54) is 16.0 Å². The Balaban J connectivity index is 0.000000299. The van der Waals surface area contributed by atoms with Gasteiger partial charge in [-0.05, 0) is 47.9 Å². The Labute approximate surface area is 273 Å². The van der Waals surface area contributed by atoms with E-state index >= 15 is 0 Å². The molecule has 0 bridgehead atoms. The lowest BCUT2D eigenvalue weighted by Crippen LogP contribution is -2.48. The van der Waals surface area contributed by atoms with Gasteiger partial charge in [-0.1, -0.05) is 29.4 Å². The average molecular weight is 681 g/mol. The monoisotopic (exact) mass is 680 g/mol. The van der Waals surface area contributed by atoms with Crippen LogP contribution in [0.5, 0.6) is 0 Å². The van der Waals surface area contributed by atoms with Crippen LogP contribution >= 0.6 is 23.4 Å². The van der Waals surface area contributed by atoms with Gasteiger partial charge in [0.15, 0.2) is 6.29 Å². The minimum absolute atomic E-state index is 0.0344. The van der Waals surface area contributed by atoms with Crippen LogP contribution in [0.25, 0.3) is 0 Å². The van der Waals surface area contributed by atoms with Crippen molar-refractivity contribution >= 4 is 47.2 Å². The van der Waals surface area contributed by atoms with Gasteiger partial charge in [0, 0.05) is 84.3 Å². The third-order valence-electron chi connectivity index (χ3n) is 6.95. The summed E-state index contributed by atoms with van der Waals surface area (Å²) in [5, 5.41) is 32.0. The summed E-state index contributed by atoms with van der Waals surface area (Å²) < 4.78 is 25.0. The lowest BCUT2D eigenvalue weighted by Gasteiger charge is -2.40. The molecule has 2 saturated heterocycles. The fraction of sp³-hybridized carbons (Fsp3) is 0.355. The van der Waals surface area contributed by atoms with Gasteiger partial charge in [-0.15, -0.1) is 0 Å². The van der Waals surface area contributed by atoms with Gasteiger partial charge in [-0.3, -0.25) is 4.90 Å². The Kier molecular flexibility index (Phi) is 14.7. The number of halogens is 2. The lowest BCUT2D eigenvalue weighted by atomic mass is 9.96. The molecule has 0 saturated carbocycles. The van der Waals surface area contributed by atoms with E-state index in [1.807, 2.05) is 12.1 Å². The highest BCUT2D eigenvalue weighted by atomic mass is 35.5. The molecule has 2 aromatic carbocycles. The number of rotatable bonds is 8. The van der Waals surface area contributed by atoms with Gasteiger partial charge in [0.25, 0.3) is 0 Å². The summed E-state index contributed by atoms with van der Waals surface area (Å²) in [6, 6.07) is 11.5. The molecule has 46 heavy (non-hydrogen) atoms. The van der Waals surface area contributed by atoms with Gasteiger partial charge in [-0.25, -0.2) is 23.6 Å². The molecule has 15 heteroatoms. The molecule has 5 rings (SSSR count). The van der Waals surface area contributed by atoms with Crippen molar-refractivity contribution in [1.29, 1.82) is 0 Å². The molecule has 1 unspecified atom stereocenters. The van der Waals surface area contributed by atoms with E-state index < -0.39 is 23.9 Å². The van der Waals surface area contributed by atoms with E-state index in [2.05, 4.69) is 21.9 Å². The zero-order valence-corrected chi connectivity index (χ0v) is 26.2. The number of carboxylic acid groups (broad SMARTS) is 4. The maximum atomic E-state index is 13.9. The first-order chi connectivity index (χ1) is 21.9. The maximum absolute atomic E-state index is 13.9. The number of fused-ring (bicyclic) bond motifs is 2. The Hall–Kier alpha value is -3.79. The highest BCUT2D eigenvalue weighted by Gasteiger charge is 2.30. The van der Waals surface area contributed by atoms with E-state index in [4.69, 9.17) is 41.5 Å². The summed E-state index contributed by atoms with van der Waals surface area (Å²) >= 11 is 8.03. The predicted molar refractivity (Wildman–Crippen MR) is 166 cm³/mol. The quantitative estimate of drug-likeness (QED) is 0.295. The molecular formula is C31H34ClFN2O10S. The van der Waals surface area contributed by atoms with E-state index in [-0.39, 0.29) is 18.1 Å². The number of aliphatic carboxylic acids is 4. The molecule has 3 aliphatic heterocycles. The van der Waals surface area contributed by atoms with Gasteiger partial charge in [0.05, 0.1) is 13.2 Å². The van der Waals surface area contributed by atoms with Crippen molar-refractivity contribution in [3.8, 4) is 0 Å². The molecule has 2 aromatic rings. The van der Waals surface area contributed by atoms with Crippen LogP contribution < -0.4 is 0 Å². The van der Waals surface area contributed by atoms with Crippen LogP contribution in [-0.4, -0.2) is 106 Å². The number of carbonyl (C=O) groups is 4. The SMILES string of the molecule is Fc1ccc2c(c1)Sc1ccc(Cl)cc1C(N1CCN(CCC3OCCO3)CC1)C2.O=C(O)/C=C/C(=O)O.O=C(O)/C=C/C(=O)O. The first-order valence-electron chi connectivity index (χ1n) is 14.1. The van der Waals surface area contributed by atoms with Crippen LogP contribution in [-0.2, 0) is 35.1 Å². The van der Waals surface area contributed by atoms with Gasteiger partial charge in [0.1, 0.15) is 5.82 Å². The number of hydrogen-bond acceptors (Lipinski definition) is 9. The highest BCUT2D eigenvalue weighted by Crippen LogP contribution is 2.44. The fourth-order valence-electron chi connectivity index (χ4n) is 4.87. The Morgan fingerprint density at radius 1 is 0.826 bits per heavy atom. The zero-order chi connectivity index (χ0) is 33.6. The summed E-state index contributed by atoms with van der Waals surface area (Å²) in [4.78, 5) is 45.5. The third kappa shape index (κ3) is 12.5. The average Bonchev–Trinajstić information content (AvgIpc) is 3.48. The van der Waals surface area contributed by atoms with Crippen molar-refractivity contribution < 1.29 is 53.5 Å². The molecule has 3 aliphatic rings. The molecule has 4 N–H and O–H groups in total. The molecule has 1 atom stereocenters.